The van der Waals surface area contributed by atoms with Gasteiger partial charge in [0.25, 0.3) is 5.91 Å². The summed E-state index contributed by atoms with van der Waals surface area (Å²) in [5.41, 5.74) is 0.0991. The summed E-state index contributed by atoms with van der Waals surface area (Å²) < 4.78 is 38.6. The number of alkyl halides is 3. The average molecular weight is 345 g/mol. The number of pyridine rings is 2. The van der Waals surface area contributed by atoms with Gasteiger partial charge in [-0.25, -0.2) is 4.98 Å². The molecule has 1 aliphatic rings. The van der Waals surface area contributed by atoms with Gasteiger partial charge in [-0.2, -0.15) is 13.2 Å². The zero-order valence-corrected chi connectivity index (χ0v) is 12.5. The van der Waals surface area contributed by atoms with Crippen LogP contribution in [0.3, 0.4) is 0 Å². The first-order valence-electron chi connectivity index (χ1n) is 7.31. The van der Waals surface area contributed by atoms with Crippen LogP contribution in [0.25, 0.3) is 11.0 Å². The van der Waals surface area contributed by atoms with Crippen molar-refractivity contribution in [3.63, 3.8) is 0 Å². The summed E-state index contributed by atoms with van der Waals surface area (Å²) >= 11 is 0. The molecule has 1 aromatic carbocycles. The minimum atomic E-state index is -4.57. The number of hydrogen-bond acceptors (Lipinski definition) is 4. The topological polar surface area (TPSA) is 66.3 Å². The molecule has 0 radical (unpaired) electrons. The Morgan fingerprint density at radius 3 is 2.64 bits per heavy atom. The third kappa shape index (κ3) is 2.42. The number of amides is 1. The summed E-state index contributed by atoms with van der Waals surface area (Å²) in [6.07, 6.45) is -4.37. The Kier molecular flexibility index (Phi) is 3.26. The van der Waals surface area contributed by atoms with Crippen molar-refractivity contribution in [2.24, 2.45) is 0 Å². The molecule has 8 heteroatoms. The molecule has 5 nitrogen and oxygen atoms in total. The SMILES string of the molecule is O=C1c2cc(C(F)(F)F)ccc2C(O)N1c1ccc2ncccc2n1. The zero-order valence-electron chi connectivity index (χ0n) is 12.5. The number of halogens is 3. The second-order valence-electron chi connectivity index (χ2n) is 5.56. The lowest BCUT2D eigenvalue weighted by Gasteiger charge is -2.19. The van der Waals surface area contributed by atoms with E-state index >= 15 is 0 Å². The van der Waals surface area contributed by atoms with Crippen LogP contribution in [-0.2, 0) is 6.18 Å². The molecule has 25 heavy (non-hydrogen) atoms. The molecule has 126 valence electrons. The Hall–Kier alpha value is -3.00. The van der Waals surface area contributed by atoms with Gasteiger partial charge in [0.2, 0.25) is 0 Å². The first-order chi connectivity index (χ1) is 11.9. The monoisotopic (exact) mass is 345 g/mol. The molecule has 2 aromatic heterocycles. The first-order valence-corrected chi connectivity index (χ1v) is 7.31. The van der Waals surface area contributed by atoms with E-state index in [-0.39, 0.29) is 16.9 Å². The molecule has 0 fully saturated rings. The lowest BCUT2D eigenvalue weighted by Crippen LogP contribution is -2.28. The highest BCUT2D eigenvalue weighted by atomic mass is 19.4. The summed E-state index contributed by atoms with van der Waals surface area (Å²) in [4.78, 5) is 21.9. The van der Waals surface area contributed by atoms with Crippen molar-refractivity contribution in [2.75, 3.05) is 4.90 Å². The van der Waals surface area contributed by atoms with Gasteiger partial charge in [0, 0.05) is 17.3 Å². The third-order valence-electron chi connectivity index (χ3n) is 4.04. The molecule has 1 unspecified atom stereocenters. The maximum Gasteiger partial charge on any atom is 0.416 e. The normalized spacial score (nSPS) is 17.2. The Morgan fingerprint density at radius 2 is 1.88 bits per heavy atom. The van der Waals surface area contributed by atoms with Crippen molar-refractivity contribution in [3.05, 3.63) is 65.4 Å². The molecule has 0 saturated carbocycles. The summed E-state index contributed by atoms with van der Waals surface area (Å²) in [6.45, 7) is 0. The number of carbonyl (C=O) groups is 1. The van der Waals surface area contributed by atoms with Crippen LogP contribution < -0.4 is 4.90 Å². The van der Waals surface area contributed by atoms with Crippen LogP contribution in [0.2, 0.25) is 0 Å². The molecular weight excluding hydrogens is 335 g/mol. The van der Waals surface area contributed by atoms with Gasteiger partial charge in [0.05, 0.1) is 16.6 Å². The van der Waals surface area contributed by atoms with E-state index in [1.807, 2.05) is 0 Å². The van der Waals surface area contributed by atoms with Gasteiger partial charge in [-0.15, -0.1) is 0 Å². The Labute approximate surface area is 139 Å². The van der Waals surface area contributed by atoms with Crippen molar-refractivity contribution < 1.29 is 23.1 Å². The quantitative estimate of drug-likeness (QED) is 0.735. The van der Waals surface area contributed by atoms with Gasteiger partial charge in [0.15, 0.2) is 6.23 Å². The Balaban J connectivity index is 1.79. The number of rotatable bonds is 1. The molecule has 0 aliphatic carbocycles. The van der Waals surface area contributed by atoms with Crippen molar-refractivity contribution in [2.45, 2.75) is 12.4 Å². The molecule has 0 spiro atoms. The smallest absolute Gasteiger partial charge is 0.369 e. The number of aliphatic hydroxyl groups is 1. The number of benzene rings is 1. The molecule has 3 heterocycles. The van der Waals surface area contributed by atoms with E-state index in [0.29, 0.717) is 11.0 Å². The lowest BCUT2D eigenvalue weighted by molar-refractivity contribution is -0.137. The maximum absolute atomic E-state index is 12.9. The second-order valence-corrected chi connectivity index (χ2v) is 5.56. The second kappa shape index (κ2) is 5.25. The number of fused-ring (bicyclic) bond motifs is 2. The summed E-state index contributed by atoms with van der Waals surface area (Å²) in [5.74, 6) is -0.591. The zero-order chi connectivity index (χ0) is 17.8. The molecule has 1 amide bonds. The Bertz CT molecular complexity index is 1000. The Morgan fingerprint density at radius 1 is 1.08 bits per heavy atom. The van der Waals surface area contributed by atoms with Crippen LogP contribution >= 0.6 is 0 Å². The number of nitrogens with zero attached hydrogens (tertiary/aromatic N) is 3. The van der Waals surface area contributed by atoms with Crippen LogP contribution in [0.15, 0.2) is 48.7 Å². The molecular formula is C17H10F3N3O2. The predicted molar refractivity (Wildman–Crippen MR) is 82.8 cm³/mol. The molecule has 0 bridgehead atoms. The third-order valence-corrected chi connectivity index (χ3v) is 4.04. The molecule has 1 atom stereocenters. The van der Waals surface area contributed by atoms with Crippen molar-refractivity contribution in [1.82, 2.24) is 9.97 Å². The first kappa shape index (κ1) is 15.5. The summed E-state index contributed by atoms with van der Waals surface area (Å²) in [6, 6.07) is 9.19. The van der Waals surface area contributed by atoms with E-state index in [9.17, 15) is 23.1 Å². The standard InChI is InChI=1S/C17H10F3N3O2/c18-17(19,20)9-3-4-10-11(8-9)16(25)23(15(10)24)14-6-5-12-13(22-14)2-1-7-21-12/h1-8,15,24H. The van der Waals surface area contributed by atoms with Crippen LogP contribution in [0.1, 0.15) is 27.7 Å². The number of anilines is 1. The number of aromatic nitrogens is 2. The van der Waals surface area contributed by atoms with Crippen molar-refractivity contribution in [3.8, 4) is 0 Å². The predicted octanol–water partition coefficient (Wildman–Crippen LogP) is 3.30. The minimum Gasteiger partial charge on any atom is -0.369 e. The van der Waals surface area contributed by atoms with E-state index in [2.05, 4.69) is 9.97 Å². The fourth-order valence-electron chi connectivity index (χ4n) is 2.83. The van der Waals surface area contributed by atoms with E-state index in [4.69, 9.17) is 0 Å². The van der Waals surface area contributed by atoms with Crippen LogP contribution in [0.4, 0.5) is 19.0 Å². The van der Waals surface area contributed by atoms with Crippen LogP contribution in [0.5, 0.6) is 0 Å². The highest BCUT2D eigenvalue weighted by molar-refractivity contribution is 6.10. The van der Waals surface area contributed by atoms with E-state index in [1.165, 1.54) is 6.07 Å². The molecule has 1 N–H and O–H groups in total. The van der Waals surface area contributed by atoms with Crippen LogP contribution in [0, 0.1) is 0 Å². The lowest BCUT2D eigenvalue weighted by atomic mass is 10.1. The van der Waals surface area contributed by atoms with E-state index in [1.54, 1.807) is 24.4 Å². The molecule has 4 rings (SSSR count). The molecule has 3 aromatic rings. The maximum atomic E-state index is 12.9. The average Bonchev–Trinajstić information content (AvgIpc) is 2.84. The molecule has 0 saturated heterocycles. The fraction of sp³-hybridized carbons (Fsp3) is 0.118. The van der Waals surface area contributed by atoms with Gasteiger partial charge >= 0.3 is 6.18 Å². The highest BCUT2D eigenvalue weighted by Gasteiger charge is 2.40. The van der Waals surface area contributed by atoms with E-state index in [0.717, 1.165) is 23.1 Å². The summed E-state index contributed by atoms with van der Waals surface area (Å²) in [7, 11) is 0. The van der Waals surface area contributed by atoms with Gasteiger partial charge in [-0.05, 0) is 36.4 Å². The minimum absolute atomic E-state index is 0.117. The number of aliphatic hydroxyl groups excluding tert-OH is 1. The molecule has 1 aliphatic heterocycles. The highest BCUT2D eigenvalue weighted by Crippen LogP contribution is 2.38. The van der Waals surface area contributed by atoms with Crippen molar-refractivity contribution in [1.29, 1.82) is 0 Å². The summed E-state index contributed by atoms with van der Waals surface area (Å²) in [5, 5.41) is 10.4. The number of carbonyl (C=O) groups excluding carboxylic acids is 1. The van der Waals surface area contributed by atoms with Gasteiger partial charge in [-0.1, -0.05) is 6.07 Å². The fourth-order valence-corrected chi connectivity index (χ4v) is 2.83. The van der Waals surface area contributed by atoms with Gasteiger partial charge < -0.3 is 5.11 Å². The van der Waals surface area contributed by atoms with Gasteiger partial charge in [-0.3, -0.25) is 14.7 Å². The van der Waals surface area contributed by atoms with Crippen molar-refractivity contribution >= 4 is 22.8 Å². The number of hydrogen-bond donors (Lipinski definition) is 1. The van der Waals surface area contributed by atoms with E-state index < -0.39 is 23.9 Å². The largest absolute Gasteiger partial charge is 0.416 e. The van der Waals surface area contributed by atoms with Gasteiger partial charge in [0.1, 0.15) is 5.82 Å². The van der Waals surface area contributed by atoms with Crippen LogP contribution in [-0.4, -0.2) is 21.0 Å².